The van der Waals surface area contributed by atoms with Crippen LogP contribution in [0.1, 0.15) is 13.3 Å². The highest BCUT2D eigenvalue weighted by Gasteiger charge is 2.16. The van der Waals surface area contributed by atoms with Gasteiger partial charge in [-0.25, -0.2) is 0 Å². The van der Waals surface area contributed by atoms with Crippen LogP contribution in [0.3, 0.4) is 0 Å². The van der Waals surface area contributed by atoms with E-state index in [2.05, 4.69) is 4.52 Å². The first kappa shape index (κ1) is 9.82. The highest BCUT2D eigenvalue weighted by atomic mass is 31.2. The van der Waals surface area contributed by atoms with E-state index in [1.54, 1.807) is 0 Å². The van der Waals surface area contributed by atoms with Crippen LogP contribution >= 0.6 is 7.60 Å². The first-order chi connectivity index (χ1) is 4.48. The van der Waals surface area contributed by atoms with Gasteiger partial charge in [0, 0.05) is 13.5 Å². The van der Waals surface area contributed by atoms with Crippen molar-refractivity contribution in [2.45, 2.75) is 13.3 Å². The second kappa shape index (κ2) is 3.86. The molecular weight excluding hydrogens is 155 g/mol. The van der Waals surface area contributed by atoms with Crippen LogP contribution in [0.4, 0.5) is 0 Å². The second-order valence-corrected chi connectivity index (χ2v) is 4.08. The van der Waals surface area contributed by atoms with Gasteiger partial charge in [-0.3, -0.25) is 4.57 Å². The van der Waals surface area contributed by atoms with Gasteiger partial charge in [0.05, 0.1) is 6.16 Å². The first-order valence-electron chi connectivity index (χ1n) is 2.85. The maximum atomic E-state index is 10.7. The molecule has 1 atom stereocenters. The summed E-state index contributed by atoms with van der Waals surface area (Å²) in [6, 6.07) is 0. The lowest BCUT2D eigenvalue weighted by molar-refractivity contribution is -0.116. The Morgan fingerprint density at radius 3 is 2.50 bits per heavy atom. The van der Waals surface area contributed by atoms with E-state index in [4.69, 9.17) is 4.89 Å². The monoisotopic (exact) mass is 166 g/mol. The number of rotatable bonds is 4. The van der Waals surface area contributed by atoms with Gasteiger partial charge in [0.1, 0.15) is 5.78 Å². The molecule has 0 amide bonds. The third kappa shape index (κ3) is 4.68. The molecular formula is C5H11O4P. The van der Waals surface area contributed by atoms with Gasteiger partial charge in [-0.1, -0.05) is 0 Å². The van der Waals surface area contributed by atoms with Crippen molar-refractivity contribution >= 4 is 13.4 Å². The highest BCUT2D eigenvalue weighted by Crippen LogP contribution is 2.40. The molecule has 0 aliphatic heterocycles. The molecule has 0 aliphatic rings. The molecule has 0 aromatic rings. The molecule has 4 nitrogen and oxygen atoms in total. The third-order valence-corrected chi connectivity index (χ3v) is 2.39. The largest absolute Gasteiger partial charge is 0.328 e. The fourth-order valence-corrected chi connectivity index (χ4v) is 1.17. The maximum absolute atomic E-state index is 10.7. The molecule has 1 unspecified atom stereocenters. The Morgan fingerprint density at radius 1 is 1.70 bits per heavy atom. The Morgan fingerprint density at radius 2 is 2.20 bits per heavy atom. The smallest absolute Gasteiger partial charge is 0.324 e. The molecule has 60 valence electrons. The van der Waals surface area contributed by atoms with Crippen molar-refractivity contribution < 1.29 is 18.8 Å². The molecule has 0 saturated carbocycles. The summed E-state index contributed by atoms with van der Waals surface area (Å²) in [4.78, 5) is 19.1. The van der Waals surface area contributed by atoms with Crippen molar-refractivity contribution in [1.82, 2.24) is 0 Å². The van der Waals surface area contributed by atoms with E-state index in [1.807, 2.05) is 0 Å². The highest BCUT2D eigenvalue weighted by molar-refractivity contribution is 7.52. The summed E-state index contributed by atoms with van der Waals surface area (Å²) < 4.78 is 14.9. The van der Waals surface area contributed by atoms with Crippen LogP contribution in [0.15, 0.2) is 0 Å². The van der Waals surface area contributed by atoms with Crippen molar-refractivity contribution in [3.05, 3.63) is 0 Å². The Bertz CT molecular complexity index is 165. The topological polar surface area (TPSA) is 63.6 Å². The van der Waals surface area contributed by atoms with E-state index in [0.717, 1.165) is 7.11 Å². The fourth-order valence-electron chi connectivity index (χ4n) is 0.390. The summed E-state index contributed by atoms with van der Waals surface area (Å²) in [6.45, 7) is 1.37. The van der Waals surface area contributed by atoms with E-state index in [-0.39, 0.29) is 18.4 Å². The van der Waals surface area contributed by atoms with Crippen LogP contribution in [0.25, 0.3) is 0 Å². The summed E-state index contributed by atoms with van der Waals surface area (Å²) in [6.07, 6.45) is 0.0143. The van der Waals surface area contributed by atoms with Crippen LogP contribution in [-0.2, 0) is 13.9 Å². The molecule has 0 fully saturated rings. The standard InChI is InChI=1S/C5H11O4P/c1-5(6)3-4-10(7,8)9-2/h3-4H2,1-2H3,(H,7,8). The van der Waals surface area contributed by atoms with E-state index in [9.17, 15) is 9.36 Å². The molecule has 0 bridgehead atoms. The number of hydrogen-bond donors (Lipinski definition) is 1. The molecule has 0 saturated heterocycles. The molecule has 10 heavy (non-hydrogen) atoms. The second-order valence-electron chi connectivity index (χ2n) is 2.00. The Kier molecular flexibility index (Phi) is 3.79. The van der Waals surface area contributed by atoms with Crippen molar-refractivity contribution in [1.29, 1.82) is 0 Å². The maximum Gasteiger partial charge on any atom is 0.328 e. The molecule has 5 heteroatoms. The minimum absolute atomic E-state index is 0.0845. The molecule has 0 rings (SSSR count). The van der Waals surface area contributed by atoms with Crippen molar-refractivity contribution in [2.75, 3.05) is 13.3 Å². The molecule has 0 spiro atoms. The predicted octanol–water partition coefficient (Wildman–Crippen LogP) is 0.797. The average Bonchev–Trinajstić information content (AvgIpc) is 1.85. The zero-order valence-corrected chi connectivity index (χ0v) is 6.93. The van der Waals surface area contributed by atoms with Crippen LogP contribution < -0.4 is 0 Å². The SMILES string of the molecule is COP(=O)(O)CCC(C)=O. The van der Waals surface area contributed by atoms with Crippen LogP contribution in [0.5, 0.6) is 0 Å². The molecule has 0 radical (unpaired) electrons. The van der Waals surface area contributed by atoms with Crippen molar-refractivity contribution in [3.63, 3.8) is 0 Å². The van der Waals surface area contributed by atoms with Gasteiger partial charge in [-0.15, -0.1) is 0 Å². The van der Waals surface area contributed by atoms with Gasteiger partial charge in [0.25, 0.3) is 0 Å². The lowest BCUT2D eigenvalue weighted by atomic mass is 10.4. The van der Waals surface area contributed by atoms with Crippen molar-refractivity contribution in [3.8, 4) is 0 Å². The van der Waals surface area contributed by atoms with Crippen molar-refractivity contribution in [2.24, 2.45) is 0 Å². The predicted molar refractivity (Wildman–Crippen MR) is 37.0 cm³/mol. The Labute approximate surface area is 59.7 Å². The number of carbonyl (C=O) groups is 1. The van der Waals surface area contributed by atoms with Gasteiger partial charge in [-0.05, 0) is 6.92 Å². The van der Waals surface area contributed by atoms with E-state index in [0.29, 0.717) is 0 Å². The van der Waals surface area contributed by atoms with E-state index < -0.39 is 7.60 Å². The number of carbonyl (C=O) groups excluding carboxylic acids is 1. The minimum atomic E-state index is -3.45. The number of ketones is 1. The summed E-state index contributed by atoms with van der Waals surface area (Å²) in [5, 5.41) is 0. The molecule has 1 N–H and O–H groups in total. The van der Waals surface area contributed by atoms with E-state index in [1.165, 1.54) is 6.92 Å². The fraction of sp³-hybridized carbons (Fsp3) is 0.800. The normalized spacial score (nSPS) is 16.3. The van der Waals surface area contributed by atoms with Crippen LogP contribution in [-0.4, -0.2) is 23.9 Å². The third-order valence-electron chi connectivity index (χ3n) is 1.03. The lowest BCUT2D eigenvalue weighted by Crippen LogP contribution is -1.97. The first-order valence-corrected chi connectivity index (χ1v) is 4.61. The van der Waals surface area contributed by atoms with Gasteiger partial charge in [-0.2, -0.15) is 0 Å². The Hall–Kier alpha value is -0.180. The minimum Gasteiger partial charge on any atom is -0.324 e. The van der Waals surface area contributed by atoms with Gasteiger partial charge < -0.3 is 14.2 Å². The lowest BCUT2D eigenvalue weighted by Gasteiger charge is -2.05. The van der Waals surface area contributed by atoms with Crippen LogP contribution in [0, 0.1) is 0 Å². The quantitative estimate of drug-likeness (QED) is 0.627. The summed E-state index contributed by atoms with van der Waals surface area (Å²) in [5.41, 5.74) is 0. The molecule has 0 aliphatic carbocycles. The molecule has 0 aromatic carbocycles. The number of hydrogen-bond acceptors (Lipinski definition) is 3. The van der Waals surface area contributed by atoms with E-state index >= 15 is 0 Å². The average molecular weight is 166 g/mol. The molecule has 0 aromatic heterocycles. The number of Topliss-reactive ketones (excluding diaryl/α,β-unsaturated/α-hetero) is 1. The van der Waals surface area contributed by atoms with Crippen LogP contribution in [0.2, 0.25) is 0 Å². The van der Waals surface area contributed by atoms with Gasteiger partial charge in [0.15, 0.2) is 0 Å². The Balaban J connectivity index is 3.68. The zero-order valence-electron chi connectivity index (χ0n) is 6.03. The summed E-state index contributed by atoms with van der Waals surface area (Å²) in [5.74, 6) is -0.105. The van der Waals surface area contributed by atoms with Gasteiger partial charge in [0.2, 0.25) is 0 Å². The zero-order chi connectivity index (χ0) is 8.20. The molecule has 0 heterocycles. The summed E-state index contributed by atoms with van der Waals surface area (Å²) >= 11 is 0. The summed E-state index contributed by atoms with van der Waals surface area (Å²) in [7, 11) is -2.29. The van der Waals surface area contributed by atoms with Gasteiger partial charge >= 0.3 is 7.60 Å².